The molecule has 0 amide bonds. The van der Waals surface area contributed by atoms with Crippen molar-refractivity contribution in [2.75, 3.05) is 7.11 Å². The number of ether oxygens (including phenoxy) is 1. The Kier molecular flexibility index (Phi) is 3.34. The highest BCUT2D eigenvalue weighted by Crippen LogP contribution is 2.37. The zero-order chi connectivity index (χ0) is 16.1. The minimum absolute atomic E-state index is 0.0471. The van der Waals surface area contributed by atoms with E-state index in [1.54, 1.807) is 25.4 Å². The maximum absolute atomic E-state index is 12.1. The Morgan fingerprint density at radius 1 is 1.14 bits per heavy atom. The highest BCUT2D eigenvalue weighted by atomic mass is 16.7. The predicted molar refractivity (Wildman–Crippen MR) is 86.8 cm³/mol. The second kappa shape index (κ2) is 4.86. The van der Waals surface area contributed by atoms with E-state index in [1.165, 1.54) is 6.07 Å². The lowest BCUT2D eigenvalue weighted by Crippen LogP contribution is -2.41. The molecule has 1 aliphatic rings. The summed E-state index contributed by atoms with van der Waals surface area (Å²) in [5.41, 5.74) is 0.519. The first kappa shape index (κ1) is 15.1. The third kappa shape index (κ3) is 2.23. The van der Waals surface area contributed by atoms with E-state index < -0.39 is 18.3 Å². The number of fused-ring (bicyclic) bond motifs is 1. The number of aromatic amines is 1. The topological polar surface area (TPSA) is 60.6 Å². The van der Waals surface area contributed by atoms with E-state index in [2.05, 4.69) is 4.98 Å². The summed E-state index contributed by atoms with van der Waals surface area (Å²) in [4.78, 5) is 15.1. The molecule has 0 saturated carbocycles. The Labute approximate surface area is 129 Å². The van der Waals surface area contributed by atoms with Crippen LogP contribution in [0.25, 0.3) is 10.9 Å². The molecule has 1 saturated heterocycles. The molecule has 0 atom stereocenters. The first-order valence-corrected chi connectivity index (χ1v) is 7.30. The van der Waals surface area contributed by atoms with Crippen LogP contribution in [0.5, 0.6) is 5.75 Å². The van der Waals surface area contributed by atoms with Gasteiger partial charge in [-0.25, -0.2) is 0 Å². The molecule has 22 heavy (non-hydrogen) atoms. The van der Waals surface area contributed by atoms with E-state index in [0.717, 1.165) is 11.0 Å². The molecule has 0 aliphatic carbocycles. The maximum atomic E-state index is 12.1. The van der Waals surface area contributed by atoms with Gasteiger partial charge in [0, 0.05) is 29.2 Å². The molecule has 2 aromatic rings. The standard InChI is InChI=1S/C16H20BNO4/c1-15(2)16(3,4)22-17(21-15)11-8-10-12(9-14(11)20-5)18-7-6-13(10)19/h6-9H,1-5H3,(H,18,19). The van der Waals surface area contributed by atoms with Crippen LogP contribution in [0.4, 0.5) is 0 Å². The van der Waals surface area contributed by atoms with Crippen LogP contribution in [0.15, 0.2) is 29.2 Å². The van der Waals surface area contributed by atoms with Crippen molar-refractivity contribution in [2.24, 2.45) is 0 Å². The summed E-state index contributed by atoms with van der Waals surface area (Å²) in [5.74, 6) is 0.632. The van der Waals surface area contributed by atoms with Crippen molar-refractivity contribution in [2.45, 2.75) is 38.9 Å². The van der Waals surface area contributed by atoms with Gasteiger partial charge in [-0.1, -0.05) is 0 Å². The van der Waals surface area contributed by atoms with Gasteiger partial charge >= 0.3 is 7.12 Å². The largest absolute Gasteiger partial charge is 0.498 e. The fourth-order valence-corrected chi connectivity index (χ4v) is 2.55. The van der Waals surface area contributed by atoms with Gasteiger partial charge in [0.05, 0.1) is 23.8 Å². The van der Waals surface area contributed by atoms with Crippen LogP contribution in [0, 0.1) is 0 Å². The first-order valence-electron chi connectivity index (χ1n) is 7.30. The molecule has 0 spiro atoms. The number of benzene rings is 1. The Bertz CT molecular complexity index is 765. The molecule has 1 aliphatic heterocycles. The van der Waals surface area contributed by atoms with Crippen molar-refractivity contribution >= 4 is 23.5 Å². The quantitative estimate of drug-likeness (QED) is 0.860. The third-order valence-electron chi connectivity index (χ3n) is 4.62. The van der Waals surface area contributed by atoms with Gasteiger partial charge in [-0.15, -0.1) is 0 Å². The molecule has 0 unspecified atom stereocenters. The van der Waals surface area contributed by atoms with Crippen molar-refractivity contribution in [1.29, 1.82) is 0 Å². The highest BCUT2D eigenvalue weighted by molar-refractivity contribution is 6.63. The summed E-state index contributed by atoms with van der Waals surface area (Å²) < 4.78 is 17.6. The molecule has 0 bridgehead atoms. The van der Waals surface area contributed by atoms with Gasteiger partial charge in [-0.3, -0.25) is 4.79 Å². The van der Waals surface area contributed by atoms with Gasteiger partial charge in [-0.05, 0) is 33.8 Å². The lowest BCUT2D eigenvalue weighted by Gasteiger charge is -2.32. The van der Waals surface area contributed by atoms with E-state index in [0.29, 0.717) is 11.1 Å². The van der Waals surface area contributed by atoms with Crippen LogP contribution in [0.1, 0.15) is 27.7 Å². The zero-order valence-corrected chi connectivity index (χ0v) is 13.5. The first-order chi connectivity index (χ1) is 10.2. The summed E-state index contributed by atoms with van der Waals surface area (Å²) in [6, 6.07) is 5.09. The average molecular weight is 301 g/mol. The molecule has 2 heterocycles. The summed E-state index contributed by atoms with van der Waals surface area (Å²) in [6.07, 6.45) is 1.62. The Balaban J connectivity index is 2.15. The van der Waals surface area contributed by atoms with E-state index in [9.17, 15) is 4.79 Å². The number of hydrogen-bond acceptors (Lipinski definition) is 4. The van der Waals surface area contributed by atoms with Gasteiger partial charge in [0.15, 0.2) is 5.43 Å². The van der Waals surface area contributed by atoms with Crippen molar-refractivity contribution in [3.63, 3.8) is 0 Å². The SMILES string of the molecule is COc1cc2[nH]ccc(=O)c2cc1B1OC(C)(C)C(C)(C)O1. The highest BCUT2D eigenvalue weighted by Gasteiger charge is 2.52. The van der Waals surface area contributed by atoms with Gasteiger partial charge in [0.25, 0.3) is 0 Å². The Morgan fingerprint density at radius 2 is 1.77 bits per heavy atom. The van der Waals surface area contributed by atoms with Crippen molar-refractivity contribution in [3.05, 3.63) is 34.6 Å². The van der Waals surface area contributed by atoms with Crippen LogP contribution < -0.4 is 15.6 Å². The summed E-state index contributed by atoms with van der Waals surface area (Å²) in [6.45, 7) is 7.97. The molecular formula is C16H20BNO4. The van der Waals surface area contributed by atoms with Crippen LogP contribution in [-0.4, -0.2) is 30.4 Å². The number of pyridine rings is 1. The number of aromatic nitrogens is 1. The molecule has 1 fully saturated rings. The van der Waals surface area contributed by atoms with Crippen LogP contribution in [-0.2, 0) is 9.31 Å². The number of H-pyrrole nitrogens is 1. The van der Waals surface area contributed by atoms with E-state index >= 15 is 0 Å². The summed E-state index contributed by atoms with van der Waals surface area (Å²) in [5, 5.41) is 0.591. The van der Waals surface area contributed by atoms with Crippen LogP contribution >= 0.6 is 0 Å². The molecule has 5 nitrogen and oxygen atoms in total. The Hall–Kier alpha value is -1.79. The molecule has 1 aromatic carbocycles. The molecule has 3 rings (SSSR count). The van der Waals surface area contributed by atoms with E-state index in [-0.39, 0.29) is 5.43 Å². The minimum atomic E-state index is -0.566. The minimum Gasteiger partial charge on any atom is -0.497 e. The molecule has 1 N–H and O–H groups in total. The fourth-order valence-electron chi connectivity index (χ4n) is 2.55. The molecule has 0 radical (unpaired) electrons. The van der Waals surface area contributed by atoms with Gasteiger partial charge in [-0.2, -0.15) is 0 Å². The molecule has 1 aromatic heterocycles. The third-order valence-corrected chi connectivity index (χ3v) is 4.62. The van der Waals surface area contributed by atoms with Crippen molar-refractivity contribution < 1.29 is 14.0 Å². The van der Waals surface area contributed by atoms with Crippen molar-refractivity contribution in [3.8, 4) is 5.75 Å². The number of methoxy groups -OCH3 is 1. The number of nitrogens with one attached hydrogen (secondary N) is 1. The normalized spacial score (nSPS) is 19.6. The second-order valence-electron chi connectivity index (χ2n) is 6.57. The summed E-state index contributed by atoms with van der Waals surface area (Å²) in [7, 11) is 1.03. The Morgan fingerprint density at radius 3 is 2.36 bits per heavy atom. The van der Waals surface area contributed by atoms with E-state index in [1.807, 2.05) is 27.7 Å². The monoisotopic (exact) mass is 301 g/mol. The summed E-state index contributed by atoms with van der Waals surface area (Å²) >= 11 is 0. The van der Waals surface area contributed by atoms with Crippen molar-refractivity contribution in [1.82, 2.24) is 4.98 Å². The number of hydrogen-bond donors (Lipinski definition) is 1. The number of rotatable bonds is 2. The average Bonchev–Trinajstić information content (AvgIpc) is 2.66. The zero-order valence-electron chi connectivity index (χ0n) is 13.5. The van der Waals surface area contributed by atoms with Crippen LogP contribution in [0.3, 0.4) is 0 Å². The lowest BCUT2D eigenvalue weighted by atomic mass is 9.77. The lowest BCUT2D eigenvalue weighted by molar-refractivity contribution is 0.00578. The second-order valence-corrected chi connectivity index (χ2v) is 6.57. The molecular weight excluding hydrogens is 281 g/mol. The maximum Gasteiger partial charge on any atom is 0.498 e. The van der Waals surface area contributed by atoms with Crippen LogP contribution in [0.2, 0.25) is 0 Å². The molecule has 116 valence electrons. The molecule has 6 heteroatoms. The fraction of sp³-hybridized carbons (Fsp3) is 0.438. The van der Waals surface area contributed by atoms with Gasteiger partial charge in [0.1, 0.15) is 5.75 Å². The predicted octanol–water partition coefficient (Wildman–Crippen LogP) is 1.84. The smallest absolute Gasteiger partial charge is 0.497 e. The van der Waals surface area contributed by atoms with Gasteiger partial charge in [0.2, 0.25) is 0 Å². The van der Waals surface area contributed by atoms with E-state index in [4.69, 9.17) is 14.0 Å². The van der Waals surface area contributed by atoms with Gasteiger partial charge < -0.3 is 19.0 Å².